The average molecular weight is 354 g/mol. The Labute approximate surface area is 144 Å². The Balaban J connectivity index is 2.07. The van der Waals surface area contributed by atoms with E-state index in [1.807, 2.05) is 17.7 Å². The number of nitrogens with two attached hydrogens (primary N) is 1. The number of oxime groups is 1. The van der Waals surface area contributed by atoms with E-state index < -0.39 is 11.7 Å². The lowest BCUT2D eigenvalue weighted by atomic mass is 10.0. The van der Waals surface area contributed by atoms with Crippen LogP contribution in [0.1, 0.15) is 29.8 Å². The summed E-state index contributed by atoms with van der Waals surface area (Å²) in [5, 5.41) is 4.05. The molecular formula is C17H21F3N4O. The maximum absolute atomic E-state index is 12.7. The van der Waals surface area contributed by atoms with Crippen LogP contribution in [0.4, 0.5) is 13.2 Å². The number of aromatic nitrogens is 2. The number of halogens is 3. The molecule has 1 heterocycles. The van der Waals surface area contributed by atoms with E-state index >= 15 is 0 Å². The zero-order valence-corrected chi connectivity index (χ0v) is 14.0. The SMILES string of the molecule is Cc1nccn1CCCC(=NOCCN)c1ccc(C(F)(F)F)cc1. The van der Waals surface area contributed by atoms with Crippen LogP contribution < -0.4 is 5.73 Å². The van der Waals surface area contributed by atoms with Crippen LogP contribution in [-0.4, -0.2) is 28.4 Å². The van der Waals surface area contributed by atoms with Crippen molar-refractivity contribution in [2.24, 2.45) is 10.9 Å². The van der Waals surface area contributed by atoms with Gasteiger partial charge in [0.05, 0.1) is 11.3 Å². The Hall–Kier alpha value is -2.35. The van der Waals surface area contributed by atoms with Crippen molar-refractivity contribution in [2.45, 2.75) is 32.5 Å². The second-order valence-corrected chi connectivity index (χ2v) is 5.51. The summed E-state index contributed by atoms with van der Waals surface area (Å²) in [6.07, 6.45) is 0.571. The van der Waals surface area contributed by atoms with Gasteiger partial charge in [0, 0.05) is 25.5 Å². The minimum Gasteiger partial charge on any atom is -0.394 e. The monoisotopic (exact) mass is 354 g/mol. The molecule has 5 nitrogen and oxygen atoms in total. The number of benzene rings is 1. The van der Waals surface area contributed by atoms with Crippen LogP contribution in [-0.2, 0) is 17.6 Å². The molecule has 25 heavy (non-hydrogen) atoms. The zero-order chi connectivity index (χ0) is 18.3. The lowest BCUT2D eigenvalue weighted by molar-refractivity contribution is -0.137. The molecule has 0 unspecified atom stereocenters. The van der Waals surface area contributed by atoms with Crippen molar-refractivity contribution in [1.82, 2.24) is 9.55 Å². The van der Waals surface area contributed by atoms with Crippen LogP contribution in [0.2, 0.25) is 0 Å². The number of rotatable bonds is 8. The van der Waals surface area contributed by atoms with E-state index in [2.05, 4.69) is 10.1 Å². The second-order valence-electron chi connectivity index (χ2n) is 5.51. The van der Waals surface area contributed by atoms with Gasteiger partial charge in [0.25, 0.3) is 0 Å². The average Bonchev–Trinajstić information content (AvgIpc) is 2.98. The Morgan fingerprint density at radius 3 is 2.56 bits per heavy atom. The maximum Gasteiger partial charge on any atom is 0.416 e. The molecule has 1 aromatic heterocycles. The van der Waals surface area contributed by atoms with Gasteiger partial charge in [-0.15, -0.1) is 0 Å². The van der Waals surface area contributed by atoms with E-state index in [0.29, 0.717) is 24.2 Å². The summed E-state index contributed by atoms with van der Waals surface area (Å²) in [6, 6.07) is 4.92. The summed E-state index contributed by atoms with van der Waals surface area (Å²) in [5.41, 5.74) is 5.89. The van der Waals surface area contributed by atoms with Crippen LogP contribution in [0.3, 0.4) is 0 Å². The van der Waals surface area contributed by atoms with Gasteiger partial charge in [-0.2, -0.15) is 13.2 Å². The van der Waals surface area contributed by atoms with Gasteiger partial charge in [-0.25, -0.2) is 4.98 Å². The fourth-order valence-corrected chi connectivity index (χ4v) is 2.33. The van der Waals surface area contributed by atoms with E-state index in [4.69, 9.17) is 10.6 Å². The zero-order valence-electron chi connectivity index (χ0n) is 14.0. The van der Waals surface area contributed by atoms with Crippen molar-refractivity contribution < 1.29 is 18.0 Å². The Bertz CT molecular complexity index is 693. The molecule has 1 aromatic carbocycles. The van der Waals surface area contributed by atoms with Crippen LogP contribution in [0.15, 0.2) is 41.8 Å². The molecule has 0 spiro atoms. The van der Waals surface area contributed by atoms with Gasteiger partial charge in [0.15, 0.2) is 0 Å². The van der Waals surface area contributed by atoms with Crippen LogP contribution in [0.25, 0.3) is 0 Å². The van der Waals surface area contributed by atoms with Gasteiger partial charge in [-0.3, -0.25) is 0 Å². The summed E-state index contributed by atoms with van der Waals surface area (Å²) in [7, 11) is 0. The first-order valence-corrected chi connectivity index (χ1v) is 7.96. The largest absolute Gasteiger partial charge is 0.416 e. The molecule has 8 heteroatoms. The Morgan fingerprint density at radius 2 is 2.00 bits per heavy atom. The van der Waals surface area contributed by atoms with Gasteiger partial charge in [-0.1, -0.05) is 17.3 Å². The fraction of sp³-hybridized carbons (Fsp3) is 0.412. The van der Waals surface area contributed by atoms with E-state index in [0.717, 1.165) is 30.9 Å². The highest BCUT2D eigenvalue weighted by atomic mass is 19.4. The molecule has 0 amide bonds. The summed E-state index contributed by atoms with van der Waals surface area (Å²) >= 11 is 0. The molecule has 0 bridgehead atoms. The lowest BCUT2D eigenvalue weighted by Crippen LogP contribution is -2.10. The van der Waals surface area contributed by atoms with Gasteiger partial charge in [0.1, 0.15) is 12.4 Å². The van der Waals surface area contributed by atoms with E-state index in [-0.39, 0.29) is 6.61 Å². The topological polar surface area (TPSA) is 65.4 Å². The third-order valence-electron chi connectivity index (χ3n) is 3.67. The molecular weight excluding hydrogens is 333 g/mol. The molecule has 2 aromatic rings. The summed E-state index contributed by atoms with van der Waals surface area (Å²) in [5.74, 6) is 0.910. The molecule has 0 atom stereocenters. The molecule has 0 aliphatic heterocycles. The summed E-state index contributed by atoms with van der Waals surface area (Å²) in [4.78, 5) is 9.28. The predicted octanol–water partition coefficient (Wildman–Crippen LogP) is 3.37. The summed E-state index contributed by atoms with van der Waals surface area (Å²) in [6.45, 7) is 3.22. The number of imidazole rings is 1. The van der Waals surface area contributed by atoms with E-state index in [9.17, 15) is 13.2 Å². The maximum atomic E-state index is 12.7. The summed E-state index contributed by atoms with van der Waals surface area (Å²) < 4.78 is 40.1. The molecule has 0 saturated heterocycles. The van der Waals surface area contributed by atoms with Gasteiger partial charge < -0.3 is 15.1 Å². The van der Waals surface area contributed by atoms with Crippen LogP contribution in [0.5, 0.6) is 0 Å². The molecule has 0 radical (unpaired) electrons. The van der Waals surface area contributed by atoms with Crippen molar-refractivity contribution in [3.05, 3.63) is 53.6 Å². The highest BCUT2D eigenvalue weighted by Crippen LogP contribution is 2.29. The normalized spacial score (nSPS) is 12.4. The Kier molecular flexibility index (Phi) is 6.58. The molecule has 136 valence electrons. The number of alkyl halides is 3. The van der Waals surface area contributed by atoms with Crippen molar-refractivity contribution in [3.8, 4) is 0 Å². The molecule has 0 aliphatic rings. The molecule has 0 fully saturated rings. The first-order chi connectivity index (χ1) is 11.9. The van der Waals surface area contributed by atoms with E-state index in [1.54, 1.807) is 6.20 Å². The van der Waals surface area contributed by atoms with Crippen molar-refractivity contribution >= 4 is 5.71 Å². The lowest BCUT2D eigenvalue weighted by Gasteiger charge is -2.10. The van der Waals surface area contributed by atoms with Gasteiger partial charge in [-0.05, 0) is 37.5 Å². The minimum absolute atomic E-state index is 0.255. The quantitative estimate of drug-likeness (QED) is 0.449. The van der Waals surface area contributed by atoms with Gasteiger partial charge >= 0.3 is 6.18 Å². The number of hydrogen-bond donors (Lipinski definition) is 1. The molecule has 0 saturated carbocycles. The van der Waals surface area contributed by atoms with E-state index in [1.165, 1.54) is 12.1 Å². The fourth-order valence-electron chi connectivity index (χ4n) is 2.33. The van der Waals surface area contributed by atoms with Gasteiger partial charge in [0.2, 0.25) is 0 Å². The molecule has 2 rings (SSSR count). The highest BCUT2D eigenvalue weighted by molar-refractivity contribution is 6.00. The predicted molar refractivity (Wildman–Crippen MR) is 89.2 cm³/mol. The third-order valence-corrected chi connectivity index (χ3v) is 3.67. The van der Waals surface area contributed by atoms with Crippen LogP contribution in [0, 0.1) is 6.92 Å². The number of hydrogen-bond acceptors (Lipinski definition) is 4. The first-order valence-electron chi connectivity index (χ1n) is 7.96. The van der Waals surface area contributed by atoms with Crippen molar-refractivity contribution in [1.29, 1.82) is 0 Å². The van der Waals surface area contributed by atoms with Crippen molar-refractivity contribution in [2.75, 3.05) is 13.2 Å². The third kappa shape index (κ3) is 5.60. The first kappa shape index (κ1) is 19.0. The standard InChI is InChI=1S/C17H21F3N4O/c1-13-22-9-11-24(13)10-2-3-16(23-25-12-8-21)14-4-6-15(7-5-14)17(18,19)20/h4-7,9,11H,2-3,8,10,12,21H2,1H3. The second kappa shape index (κ2) is 8.66. The number of aryl methyl sites for hydroxylation is 2. The molecule has 2 N–H and O–H groups in total. The smallest absolute Gasteiger partial charge is 0.394 e. The minimum atomic E-state index is -4.36. The molecule has 0 aliphatic carbocycles. The van der Waals surface area contributed by atoms with Crippen molar-refractivity contribution in [3.63, 3.8) is 0 Å². The Morgan fingerprint density at radius 1 is 1.28 bits per heavy atom. The number of nitrogens with zero attached hydrogens (tertiary/aromatic N) is 3. The highest BCUT2D eigenvalue weighted by Gasteiger charge is 2.30. The van der Waals surface area contributed by atoms with Crippen LogP contribution >= 0.6 is 0 Å².